The minimum Gasteiger partial charge on any atom is -0.378 e. The Hall–Kier alpha value is -1.73. The Kier molecular flexibility index (Phi) is 4.62. The van der Waals surface area contributed by atoms with Gasteiger partial charge in [-0.05, 0) is 12.8 Å². The number of hydrogen-bond donors (Lipinski definition) is 1. The van der Waals surface area contributed by atoms with Crippen molar-refractivity contribution in [1.29, 1.82) is 0 Å². The zero-order valence-electron chi connectivity index (χ0n) is 12.0. The van der Waals surface area contributed by atoms with Crippen molar-refractivity contribution in [1.82, 2.24) is 14.9 Å². The van der Waals surface area contributed by atoms with E-state index in [0.717, 1.165) is 19.4 Å². The maximum Gasteiger partial charge on any atom is 0.257 e. The van der Waals surface area contributed by atoms with Crippen LogP contribution < -0.4 is 5.32 Å². The Bertz CT molecular complexity index is 468. The monoisotopic (exact) mass is 292 g/mol. The van der Waals surface area contributed by atoms with E-state index in [-0.39, 0.29) is 12.0 Å². The van der Waals surface area contributed by atoms with Crippen LogP contribution in [0.25, 0.3) is 0 Å². The molecular formula is C14H20N4O3. The lowest BCUT2D eigenvalue weighted by molar-refractivity contribution is 0.0302. The van der Waals surface area contributed by atoms with E-state index in [1.54, 1.807) is 17.3 Å². The fourth-order valence-corrected chi connectivity index (χ4v) is 2.49. The van der Waals surface area contributed by atoms with Crippen LogP contribution >= 0.6 is 0 Å². The molecule has 0 saturated carbocycles. The van der Waals surface area contributed by atoms with E-state index in [4.69, 9.17) is 9.47 Å². The van der Waals surface area contributed by atoms with Crippen molar-refractivity contribution in [2.45, 2.75) is 18.9 Å². The molecule has 1 N–H and O–H groups in total. The van der Waals surface area contributed by atoms with Crippen LogP contribution in [-0.4, -0.2) is 66.3 Å². The maximum absolute atomic E-state index is 12.2. The fourth-order valence-electron chi connectivity index (χ4n) is 2.49. The van der Waals surface area contributed by atoms with Crippen molar-refractivity contribution in [3.8, 4) is 0 Å². The lowest BCUT2D eigenvalue weighted by atomic mass is 10.2. The third-order valence-corrected chi connectivity index (χ3v) is 3.71. The SMILES string of the molecule is O=C(c1cnc(NCC2CCCO2)nc1)N1CCOCC1. The lowest BCUT2D eigenvalue weighted by Gasteiger charge is -2.26. The molecule has 114 valence electrons. The summed E-state index contributed by atoms with van der Waals surface area (Å²) in [6.07, 6.45) is 5.56. The topological polar surface area (TPSA) is 76.6 Å². The molecule has 2 saturated heterocycles. The van der Waals surface area contributed by atoms with E-state index < -0.39 is 0 Å². The van der Waals surface area contributed by atoms with Crippen LogP contribution in [0.3, 0.4) is 0 Å². The van der Waals surface area contributed by atoms with Gasteiger partial charge in [0, 0.05) is 38.6 Å². The molecule has 0 aromatic carbocycles. The Morgan fingerprint density at radius 3 is 2.71 bits per heavy atom. The van der Waals surface area contributed by atoms with Gasteiger partial charge in [0.1, 0.15) is 0 Å². The van der Waals surface area contributed by atoms with Crippen molar-refractivity contribution < 1.29 is 14.3 Å². The molecule has 0 spiro atoms. The number of carbonyl (C=O) groups is 1. The Morgan fingerprint density at radius 2 is 2.05 bits per heavy atom. The highest BCUT2D eigenvalue weighted by molar-refractivity contribution is 5.93. The third-order valence-electron chi connectivity index (χ3n) is 3.71. The van der Waals surface area contributed by atoms with Gasteiger partial charge in [0.25, 0.3) is 5.91 Å². The first-order chi connectivity index (χ1) is 10.3. The van der Waals surface area contributed by atoms with E-state index in [2.05, 4.69) is 15.3 Å². The van der Waals surface area contributed by atoms with Gasteiger partial charge in [-0.3, -0.25) is 4.79 Å². The summed E-state index contributed by atoms with van der Waals surface area (Å²) in [5.41, 5.74) is 0.513. The molecule has 1 aromatic heterocycles. The van der Waals surface area contributed by atoms with Gasteiger partial charge >= 0.3 is 0 Å². The molecular weight excluding hydrogens is 272 g/mol. The van der Waals surface area contributed by atoms with E-state index in [1.165, 1.54) is 0 Å². The minimum absolute atomic E-state index is 0.0380. The van der Waals surface area contributed by atoms with Crippen LogP contribution in [0.5, 0.6) is 0 Å². The standard InChI is InChI=1S/C14H20N4O3/c19-13(18-3-6-20-7-4-18)11-8-15-14(16-9-11)17-10-12-2-1-5-21-12/h8-9,12H,1-7,10H2,(H,15,16,17). The number of carbonyl (C=O) groups excluding carboxylic acids is 1. The summed E-state index contributed by atoms with van der Waals surface area (Å²) in [5.74, 6) is 0.494. The van der Waals surface area contributed by atoms with E-state index in [9.17, 15) is 4.79 Å². The lowest BCUT2D eigenvalue weighted by Crippen LogP contribution is -2.40. The summed E-state index contributed by atoms with van der Waals surface area (Å²) in [6, 6.07) is 0. The summed E-state index contributed by atoms with van der Waals surface area (Å²) in [4.78, 5) is 22.4. The Balaban J connectivity index is 1.54. The van der Waals surface area contributed by atoms with Crippen molar-refractivity contribution in [3.63, 3.8) is 0 Å². The number of anilines is 1. The molecule has 1 aromatic rings. The first-order valence-corrected chi connectivity index (χ1v) is 7.37. The normalized spacial score (nSPS) is 22.3. The zero-order chi connectivity index (χ0) is 14.5. The summed E-state index contributed by atoms with van der Waals surface area (Å²) >= 11 is 0. The van der Waals surface area contributed by atoms with Crippen LogP contribution in [-0.2, 0) is 9.47 Å². The Morgan fingerprint density at radius 1 is 1.29 bits per heavy atom. The fraction of sp³-hybridized carbons (Fsp3) is 0.643. The molecule has 0 radical (unpaired) electrons. The van der Waals surface area contributed by atoms with Crippen LogP contribution in [0.2, 0.25) is 0 Å². The van der Waals surface area contributed by atoms with Gasteiger partial charge in [-0.1, -0.05) is 0 Å². The minimum atomic E-state index is -0.0380. The number of nitrogens with one attached hydrogen (secondary N) is 1. The molecule has 1 unspecified atom stereocenters. The van der Waals surface area contributed by atoms with Gasteiger partial charge in [-0.2, -0.15) is 0 Å². The average Bonchev–Trinajstić information content (AvgIpc) is 3.07. The number of aromatic nitrogens is 2. The number of hydrogen-bond acceptors (Lipinski definition) is 6. The number of nitrogens with zero attached hydrogens (tertiary/aromatic N) is 3. The van der Waals surface area contributed by atoms with Crippen LogP contribution in [0.4, 0.5) is 5.95 Å². The van der Waals surface area contributed by atoms with Gasteiger partial charge < -0.3 is 19.7 Å². The second kappa shape index (κ2) is 6.82. The second-order valence-electron chi connectivity index (χ2n) is 5.22. The summed E-state index contributed by atoms with van der Waals surface area (Å²) in [5, 5.41) is 3.14. The first kappa shape index (κ1) is 14.2. The van der Waals surface area contributed by atoms with Crippen molar-refractivity contribution in [2.24, 2.45) is 0 Å². The maximum atomic E-state index is 12.2. The molecule has 7 nitrogen and oxygen atoms in total. The summed E-state index contributed by atoms with van der Waals surface area (Å²) in [7, 11) is 0. The third kappa shape index (κ3) is 3.68. The molecule has 3 rings (SSSR count). The van der Waals surface area contributed by atoms with E-state index in [1.807, 2.05) is 0 Å². The number of morpholine rings is 1. The van der Waals surface area contributed by atoms with Crippen LogP contribution in [0.15, 0.2) is 12.4 Å². The predicted molar refractivity (Wildman–Crippen MR) is 76.2 cm³/mol. The highest BCUT2D eigenvalue weighted by Crippen LogP contribution is 2.12. The predicted octanol–water partition coefficient (Wildman–Crippen LogP) is 0.540. The molecule has 2 aliphatic heterocycles. The molecule has 1 amide bonds. The molecule has 3 heterocycles. The smallest absolute Gasteiger partial charge is 0.257 e. The van der Waals surface area contributed by atoms with Crippen LogP contribution in [0, 0.1) is 0 Å². The van der Waals surface area contributed by atoms with Gasteiger partial charge in [-0.25, -0.2) is 9.97 Å². The van der Waals surface area contributed by atoms with Crippen molar-refractivity contribution >= 4 is 11.9 Å². The van der Waals surface area contributed by atoms with Gasteiger partial charge in [-0.15, -0.1) is 0 Å². The average molecular weight is 292 g/mol. The van der Waals surface area contributed by atoms with Crippen molar-refractivity contribution in [3.05, 3.63) is 18.0 Å². The highest BCUT2D eigenvalue weighted by atomic mass is 16.5. The molecule has 2 fully saturated rings. The molecule has 1 atom stereocenters. The first-order valence-electron chi connectivity index (χ1n) is 7.37. The van der Waals surface area contributed by atoms with Gasteiger partial charge in [0.05, 0.1) is 24.9 Å². The molecule has 0 aliphatic carbocycles. The quantitative estimate of drug-likeness (QED) is 0.873. The summed E-state index contributed by atoms with van der Waals surface area (Å²) < 4.78 is 10.8. The van der Waals surface area contributed by atoms with Gasteiger partial charge in [0.2, 0.25) is 5.95 Å². The molecule has 2 aliphatic rings. The largest absolute Gasteiger partial charge is 0.378 e. The zero-order valence-corrected chi connectivity index (χ0v) is 12.0. The number of rotatable bonds is 4. The molecule has 7 heteroatoms. The Labute approximate surface area is 123 Å². The van der Waals surface area contributed by atoms with E-state index >= 15 is 0 Å². The number of ether oxygens (including phenoxy) is 2. The molecule has 21 heavy (non-hydrogen) atoms. The highest BCUT2D eigenvalue weighted by Gasteiger charge is 2.19. The summed E-state index contributed by atoms with van der Waals surface area (Å²) in [6.45, 7) is 3.97. The second-order valence-corrected chi connectivity index (χ2v) is 5.22. The van der Waals surface area contributed by atoms with Gasteiger partial charge in [0.15, 0.2) is 0 Å². The molecule has 0 bridgehead atoms. The number of amides is 1. The van der Waals surface area contributed by atoms with Crippen molar-refractivity contribution in [2.75, 3.05) is 44.8 Å². The van der Waals surface area contributed by atoms with E-state index in [0.29, 0.717) is 44.4 Å². The van der Waals surface area contributed by atoms with Crippen LogP contribution in [0.1, 0.15) is 23.2 Å².